The molecule has 0 radical (unpaired) electrons. The Hall–Kier alpha value is -2.37. The Morgan fingerprint density at radius 3 is 2.90 bits per heavy atom. The fourth-order valence-corrected chi connectivity index (χ4v) is 2.87. The molecular formula is C15H16N2O4. The zero-order chi connectivity index (χ0) is 15.0. The van der Waals surface area contributed by atoms with Gasteiger partial charge < -0.3 is 9.64 Å². The monoisotopic (exact) mass is 288 g/mol. The van der Waals surface area contributed by atoms with E-state index in [-0.39, 0.29) is 19.1 Å². The number of rotatable bonds is 2. The fraction of sp³-hybridized carbons (Fsp3) is 0.400. The molecule has 0 saturated carbocycles. The Kier molecular flexibility index (Phi) is 3.37. The highest BCUT2D eigenvalue weighted by Gasteiger charge is 2.41. The van der Waals surface area contributed by atoms with E-state index in [2.05, 4.69) is 5.32 Å². The standard InChI is InChI=1S/C15H16N2O4/c1-2-11-14(19)16-13(18)7-17(11)15(20)10-8-21-12-6-4-3-5-9(10)12/h3-6,10-11H,2,7-8H2,1H3,(H,16,18,19). The molecule has 6 heteroatoms. The minimum Gasteiger partial charge on any atom is -0.492 e. The average molecular weight is 288 g/mol. The van der Waals surface area contributed by atoms with Gasteiger partial charge in [0.1, 0.15) is 30.9 Å². The molecule has 6 nitrogen and oxygen atoms in total. The first kappa shape index (κ1) is 13.6. The zero-order valence-corrected chi connectivity index (χ0v) is 11.7. The quantitative estimate of drug-likeness (QED) is 0.801. The van der Waals surface area contributed by atoms with Crippen LogP contribution < -0.4 is 10.1 Å². The van der Waals surface area contributed by atoms with Crippen LogP contribution in [0.4, 0.5) is 0 Å². The molecule has 1 aromatic carbocycles. The number of hydrogen-bond acceptors (Lipinski definition) is 4. The Labute approximate surface area is 122 Å². The number of para-hydroxylation sites is 1. The van der Waals surface area contributed by atoms with E-state index >= 15 is 0 Å². The summed E-state index contributed by atoms with van der Waals surface area (Å²) in [4.78, 5) is 37.5. The first-order valence-corrected chi connectivity index (χ1v) is 6.97. The number of nitrogens with one attached hydrogen (secondary N) is 1. The molecule has 2 heterocycles. The van der Waals surface area contributed by atoms with E-state index < -0.39 is 23.8 Å². The van der Waals surface area contributed by atoms with E-state index in [0.717, 1.165) is 5.56 Å². The van der Waals surface area contributed by atoms with Crippen molar-refractivity contribution in [2.75, 3.05) is 13.2 Å². The fourth-order valence-electron chi connectivity index (χ4n) is 2.87. The number of nitrogens with zero attached hydrogens (tertiary/aromatic N) is 1. The SMILES string of the molecule is CCC1C(=O)NC(=O)CN1C(=O)C1COc2ccccc21. The topological polar surface area (TPSA) is 75.7 Å². The molecular weight excluding hydrogens is 272 g/mol. The van der Waals surface area contributed by atoms with Crippen LogP contribution in [0.2, 0.25) is 0 Å². The highest BCUT2D eigenvalue weighted by Crippen LogP contribution is 2.35. The number of ether oxygens (including phenoxy) is 1. The van der Waals surface area contributed by atoms with E-state index in [1.165, 1.54) is 4.90 Å². The van der Waals surface area contributed by atoms with Gasteiger partial charge in [0, 0.05) is 5.56 Å². The largest absolute Gasteiger partial charge is 0.492 e. The Bertz CT molecular complexity index is 613. The molecule has 3 amide bonds. The molecule has 1 aromatic rings. The summed E-state index contributed by atoms with van der Waals surface area (Å²) in [5.74, 6) is -0.833. The lowest BCUT2D eigenvalue weighted by Gasteiger charge is -2.34. The van der Waals surface area contributed by atoms with Crippen molar-refractivity contribution < 1.29 is 19.1 Å². The summed E-state index contributed by atoms with van der Waals surface area (Å²) in [5, 5.41) is 2.27. The van der Waals surface area contributed by atoms with Gasteiger partial charge in [0.05, 0.1) is 0 Å². The van der Waals surface area contributed by atoms with Gasteiger partial charge in [-0.2, -0.15) is 0 Å². The smallest absolute Gasteiger partial charge is 0.249 e. The van der Waals surface area contributed by atoms with Crippen molar-refractivity contribution in [2.24, 2.45) is 0 Å². The maximum absolute atomic E-state index is 12.7. The highest BCUT2D eigenvalue weighted by molar-refractivity contribution is 6.05. The second kappa shape index (κ2) is 5.20. The van der Waals surface area contributed by atoms with E-state index in [1.54, 1.807) is 0 Å². The molecule has 0 bridgehead atoms. The molecule has 0 aliphatic carbocycles. The number of carbonyl (C=O) groups excluding carboxylic acids is 3. The van der Waals surface area contributed by atoms with Gasteiger partial charge in [-0.3, -0.25) is 19.7 Å². The number of hydrogen-bond donors (Lipinski definition) is 1. The van der Waals surface area contributed by atoms with Gasteiger partial charge in [-0.25, -0.2) is 0 Å². The van der Waals surface area contributed by atoms with Crippen molar-refractivity contribution in [3.63, 3.8) is 0 Å². The lowest BCUT2D eigenvalue weighted by atomic mass is 9.97. The lowest BCUT2D eigenvalue weighted by molar-refractivity contribution is -0.151. The van der Waals surface area contributed by atoms with Crippen LogP contribution in [0.3, 0.4) is 0 Å². The Morgan fingerprint density at radius 2 is 2.14 bits per heavy atom. The minimum atomic E-state index is -0.594. The van der Waals surface area contributed by atoms with Gasteiger partial charge in [0.25, 0.3) is 0 Å². The predicted molar refractivity (Wildman–Crippen MR) is 73.6 cm³/mol. The second-order valence-corrected chi connectivity index (χ2v) is 5.20. The van der Waals surface area contributed by atoms with Crippen molar-refractivity contribution in [1.29, 1.82) is 0 Å². The van der Waals surface area contributed by atoms with Crippen LogP contribution in [-0.4, -0.2) is 41.8 Å². The summed E-state index contributed by atoms with van der Waals surface area (Å²) < 4.78 is 5.51. The van der Waals surface area contributed by atoms with Gasteiger partial charge in [0.2, 0.25) is 17.7 Å². The number of benzene rings is 1. The van der Waals surface area contributed by atoms with E-state index in [9.17, 15) is 14.4 Å². The number of carbonyl (C=O) groups is 3. The van der Waals surface area contributed by atoms with Crippen LogP contribution in [0.5, 0.6) is 5.75 Å². The van der Waals surface area contributed by atoms with Crippen LogP contribution in [0.1, 0.15) is 24.8 Å². The van der Waals surface area contributed by atoms with Gasteiger partial charge in [0.15, 0.2) is 0 Å². The molecule has 2 unspecified atom stereocenters. The average Bonchev–Trinajstić information content (AvgIpc) is 2.89. The van der Waals surface area contributed by atoms with Gasteiger partial charge in [-0.1, -0.05) is 25.1 Å². The van der Waals surface area contributed by atoms with E-state index in [0.29, 0.717) is 12.2 Å². The second-order valence-electron chi connectivity index (χ2n) is 5.20. The normalized spacial score (nSPS) is 24.3. The molecule has 21 heavy (non-hydrogen) atoms. The third kappa shape index (κ3) is 2.26. The van der Waals surface area contributed by atoms with Crippen molar-refractivity contribution in [3.05, 3.63) is 29.8 Å². The van der Waals surface area contributed by atoms with Gasteiger partial charge in [-0.15, -0.1) is 0 Å². The first-order valence-electron chi connectivity index (χ1n) is 6.97. The zero-order valence-electron chi connectivity index (χ0n) is 11.7. The third-order valence-corrected chi connectivity index (χ3v) is 3.92. The molecule has 3 rings (SSSR count). The van der Waals surface area contributed by atoms with Gasteiger partial charge >= 0.3 is 0 Å². The van der Waals surface area contributed by atoms with Crippen molar-refractivity contribution >= 4 is 17.7 Å². The summed E-state index contributed by atoms with van der Waals surface area (Å²) in [5.41, 5.74) is 0.816. The highest BCUT2D eigenvalue weighted by atomic mass is 16.5. The van der Waals surface area contributed by atoms with Crippen LogP contribution in [0.25, 0.3) is 0 Å². The van der Waals surface area contributed by atoms with Crippen molar-refractivity contribution in [1.82, 2.24) is 10.2 Å². The van der Waals surface area contributed by atoms with Crippen LogP contribution in [0.15, 0.2) is 24.3 Å². The third-order valence-electron chi connectivity index (χ3n) is 3.92. The summed E-state index contributed by atoms with van der Waals surface area (Å²) in [6.07, 6.45) is 0.472. The van der Waals surface area contributed by atoms with Gasteiger partial charge in [-0.05, 0) is 12.5 Å². The van der Waals surface area contributed by atoms with Crippen LogP contribution >= 0.6 is 0 Å². The number of fused-ring (bicyclic) bond motifs is 1. The number of piperazine rings is 1. The van der Waals surface area contributed by atoms with E-state index in [1.807, 2.05) is 31.2 Å². The molecule has 0 aromatic heterocycles. The minimum absolute atomic E-state index is 0.0816. The molecule has 0 spiro atoms. The Morgan fingerprint density at radius 1 is 1.38 bits per heavy atom. The maximum Gasteiger partial charge on any atom is 0.249 e. The summed E-state index contributed by atoms with van der Waals surface area (Å²) in [7, 11) is 0. The number of amides is 3. The summed E-state index contributed by atoms with van der Waals surface area (Å²) in [6, 6.07) is 6.76. The summed E-state index contributed by atoms with van der Waals surface area (Å²) in [6.45, 7) is 1.99. The Balaban J connectivity index is 1.88. The maximum atomic E-state index is 12.7. The first-order chi connectivity index (χ1) is 10.1. The molecule has 2 aliphatic heterocycles. The summed E-state index contributed by atoms with van der Waals surface area (Å²) >= 11 is 0. The predicted octanol–water partition coefficient (Wildman–Crippen LogP) is 0.426. The molecule has 2 atom stereocenters. The molecule has 110 valence electrons. The molecule has 2 aliphatic rings. The van der Waals surface area contributed by atoms with Crippen LogP contribution in [-0.2, 0) is 14.4 Å². The van der Waals surface area contributed by atoms with Crippen molar-refractivity contribution in [2.45, 2.75) is 25.3 Å². The van der Waals surface area contributed by atoms with Crippen molar-refractivity contribution in [3.8, 4) is 5.75 Å². The molecule has 1 saturated heterocycles. The van der Waals surface area contributed by atoms with E-state index in [4.69, 9.17) is 4.74 Å². The van der Waals surface area contributed by atoms with Crippen LogP contribution in [0, 0.1) is 0 Å². The number of imide groups is 1. The molecule has 1 N–H and O–H groups in total. The lowest BCUT2D eigenvalue weighted by Crippen LogP contribution is -2.60. The molecule has 1 fully saturated rings.